The van der Waals surface area contributed by atoms with Crippen LogP contribution in [0.15, 0.2) is 43.1 Å². The standard InChI is InChI=1S/C17H14ClN5/c1-9(2)10-3-4-11-13(7-10)21-17(20-11)22-14-8-19-12-5-6-15(18)23-16(12)14/h3-8,19H,1H2,2H3,(H2,20,21,22). The molecule has 114 valence electrons. The average molecular weight is 324 g/mol. The van der Waals surface area contributed by atoms with Gasteiger partial charge in [-0.2, -0.15) is 0 Å². The number of allylic oxidation sites excluding steroid dienone is 1. The zero-order valence-corrected chi connectivity index (χ0v) is 13.2. The molecule has 0 aliphatic heterocycles. The van der Waals surface area contributed by atoms with Crippen molar-refractivity contribution in [3.63, 3.8) is 0 Å². The Bertz CT molecular complexity index is 1040. The van der Waals surface area contributed by atoms with E-state index in [1.807, 2.05) is 37.4 Å². The van der Waals surface area contributed by atoms with Crippen LogP contribution in [0.5, 0.6) is 0 Å². The monoisotopic (exact) mass is 323 g/mol. The van der Waals surface area contributed by atoms with Crippen molar-refractivity contribution >= 4 is 50.9 Å². The summed E-state index contributed by atoms with van der Waals surface area (Å²) in [4.78, 5) is 15.3. The first-order valence-corrected chi connectivity index (χ1v) is 7.54. The minimum atomic E-state index is 0.454. The van der Waals surface area contributed by atoms with E-state index in [1.165, 1.54) is 0 Å². The lowest BCUT2D eigenvalue weighted by Crippen LogP contribution is -1.91. The fourth-order valence-corrected chi connectivity index (χ4v) is 2.68. The van der Waals surface area contributed by atoms with Gasteiger partial charge in [0.15, 0.2) is 0 Å². The molecule has 3 heterocycles. The van der Waals surface area contributed by atoms with E-state index in [-0.39, 0.29) is 0 Å². The van der Waals surface area contributed by atoms with Gasteiger partial charge in [0, 0.05) is 6.20 Å². The summed E-state index contributed by atoms with van der Waals surface area (Å²) in [5.74, 6) is 0.654. The molecule has 0 aliphatic carbocycles. The summed E-state index contributed by atoms with van der Waals surface area (Å²) >= 11 is 5.98. The number of fused-ring (bicyclic) bond motifs is 2. The molecule has 0 amide bonds. The summed E-state index contributed by atoms with van der Waals surface area (Å²) in [5.41, 5.74) is 6.47. The Kier molecular flexibility index (Phi) is 3.09. The number of H-pyrrole nitrogens is 2. The number of hydrogen-bond acceptors (Lipinski definition) is 3. The van der Waals surface area contributed by atoms with E-state index in [0.29, 0.717) is 11.1 Å². The van der Waals surface area contributed by atoms with Crippen LogP contribution in [0.2, 0.25) is 5.15 Å². The van der Waals surface area contributed by atoms with E-state index in [2.05, 4.69) is 31.8 Å². The molecular weight excluding hydrogens is 310 g/mol. The quantitative estimate of drug-likeness (QED) is 0.471. The highest BCUT2D eigenvalue weighted by atomic mass is 35.5. The van der Waals surface area contributed by atoms with E-state index >= 15 is 0 Å². The Morgan fingerprint density at radius 1 is 1.17 bits per heavy atom. The molecule has 0 unspecified atom stereocenters. The highest BCUT2D eigenvalue weighted by Gasteiger charge is 2.09. The summed E-state index contributed by atoms with van der Waals surface area (Å²) in [7, 11) is 0. The molecule has 3 aromatic heterocycles. The Balaban J connectivity index is 1.74. The van der Waals surface area contributed by atoms with Gasteiger partial charge in [-0.15, -0.1) is 0 Å². The van der Waals surface area contributed by atoms with Crippen LogP contribution in [-0.2, 0) is 0 Å². The van der Waals surface area contributed by atoms with Crippen molar-refractivity contribution in [1.82, 2.24) is 19.9 Å². The SMILES string of the molecule is C=C(C)c1ccc2nc(Nc3c[nH]c4ccc(Cl)nc34)[nH]c2c1. The van der Waals surface area contributed by atoms with Crippen LogP contribution in [0, 0.1) is 0 Å². The second kappa shape index (κ2) is 5.14. The van der Waals surface area contributed by atoms with Crippen LogP contribution in [0.3, 0.4) is 0 Å². The highest BCUT2D eigenvalue weighted by molar-refractivity contribution is 6.29. The zero-order chi connectivity index (χ0) is 16.0. The summed E-state index contributed by atoms with van der Waals surface area (Å²) in [6, 6.07) is 9.69. The number of benzene rings is 1. The molecular formula is C17H14ClN5. The number of aromatic amines is 2. The number of nitrogens with one attached hydrogen (secondary N) is 3. The fourth-order valence-electron chi connectivity index (χ4n) is 2.53. The summed E-state index contributed by atoms with van der Waals surface area (Å²) in [6.07, 6.45) is 1.85. The first-order chi connectivity index (χ1) is 11.1. The number of aromatic nitrogens is 4. The van der Waals surface area contributed by atoms with Crippen molar-refractivity contribution < 1.29 is 0 Å². The maximum absolute atomic E-state index is 5.98. The number of pyridine rings is 1. The predicted molar refractivity (Wildman–Crippen MR) is 95.2 cm³/mol. The van der Waals surface area contributed by atoms with Gasteiger partial charge in [0.05, 0.1) is 22.2 Å². The molecule has 4 rings (SSSR count). The Morgan fingerprint density at radius 3 is 2.87 bits per heavy atom. The Hall–Kier alpha value is -2.79. The van der Waals surface area contributed by atoms with Gasteiger partial charge in [0.2, 0.25) is 5.95 Å². The van der Waals surface area contributed by atoms with Crippen LogP contribution in [0.25, 0.3) is 27.6 Å². The first kappa shape index (κ1) is 13.8. The molecule has 0 bridgehead atoms. The number of hydrogen-bond donors (Lipinski definition) is 3. The molecule has 0 fully saturated rings. The Morgan fingerprint density at radius 2 is 2.04 bits per heavy atom. The fraction of sp³-hybridized carbons (Fsp3) is 0.0588. The molecule has 6 heteroatoms. The smallest absolute Gasteiger partial charge is 0.205 e. The number of nitrogens with zero attached hydrogens (tertiary/aromatic N) is 2. The summed E-state index contributed by atoms with van der Waals surface area (Å²) < 4.78 is 0. The van der Waals surface area contributed by atoms with Crippen LogP contribution in [0.1, 0.15) is 12.5 Å². The second-order valence-electron chi connectivity index (χ2n) is 5.46. The van der Waals surface area contributed by atoms with Crippen molar-refractivity contribution in [2.24, 2.45) is 0 Å². The number of imidazole rings is 1. The van der Waals surface area contributed by atoms with E-state index in [9.17, 15) is 0 Å². The lowest BCUT2D eigenvalue weighted by molar-refractivity contribution is 1.31. The van der Waals surface area contributed by atoms with Crippen LogP contribution in [-0.4, -0.2) is 19.9 Å². The van der Waals surface area contributed by atoms with Crippen molar-refractivity contribution in [3.8, 4) is 0 Å². The third-order valence-corrected chi connectivity index (χ3v) is 3.93. The van der Waals surface area contributed by atoms with Gasteiger partial charge >= 0.3 is 0 Å². The number of halogens is 1. The van der Waals surface area contributed by atoms with Crippen molar-refractivity contribution in [2.45, 2.75) is 6.92 Å². The van der Waals surface area contributed by atoms with Crippen molar-refractivity contribution in [1.29, 1.82) is 0 Å². The van der Waals surface area contributed by atoms with Crippen LogP contribution >= 0.6 is 11.6 Å². The molecule has 0 atom stereocenters. The number of anilines is 2. The number of rotatable bonds is 3. The average Bonchev–Trinajstić information content (AvgIpc) is 3.10. The van der Waals surface area contributed by atoms with Gasteiger partial charge in [-0.25, -0.2) is 9.97 Å². The molecule has 5 nitrogen and oxygen atoms in total. The summed E-state index contributed by atoms with van der Waals surface area (Å²) in [6.45, 7) is 5.95. The lowest BCUT2D eigenvalue weighted by atomic mass is 10.1. The topological polar surface area (TPSA) is 69.4 Å². The first-order valence-electron chi connectivity index (χ1n) is 7.16. The predicted octanol–water partition coefficient (Wildman–Crippen LogP) is 4.87. The van der Waals surface area contributed by atoms with Crippen molar-refractivity contribution in [2.75, 3.05) is 5.32 Å². The molecule has 4 aromatic rings. The third kappa shape index (κ3) is 2.45. The zero-order valence-electron chi connectivity index (χ0n) is 12.4. The van der Waals surface area contributed by atoms with Crippen molar-refractivity contribution in [3.05, 3.63) is 53.8 Å². The van der Waals surface area contributed by atoms with Gasteiger partial charge in [-0.05, 0) is 36.8 Å². The van der Waals surface area contributed by atoms with Crippen LogP contribution < -0.4 is 5.32 Å². The van der Waals surface area contributed by atoms with Crippen LogP contribution in [0.4, 0.5) is 11.6 Å². The van der Waals surface area contributed by atoms with E-state index in [0.717, 1.165) is 38.9 Å². The van der Waals surface area contributed by atoms with E-state index in [1.54, 1.807) is 6.07 Å². The van der Waals surface area contributed by atoms with Gasteiger partial charge in [0.25, 0.3) is 0 Å². The maximum atomic E-state index is 5.98. The molecule has 0 saturated carbocycles. The highest BCUT2D eigenvalue weighted by Crippen LogP contribution is 2.26. The summed E-state index contributed by atoms with van der Waals surface area (Å²) in [5, 5.41) is 3.71. The van der Waals surface area contributed by atoms with Gasteiger partial charge in [-0.3, -0.25) is 0 Å². The van der Waals surface area contributed by atoms with E-state index < -0.39 is 0 Å². The minimum Gasteiger partial charge on any atom is -0.358 e. The second-order valence-corrected chi connectivity index (χ2v) is 5.84. The molecule has 0 aliphatic rings. The van der Waals surface area contributed by atoms with Gasteiger partial charge in [0.1, 0.15) is 10.7 Å². The van der Waals surface area contributed by atoms with E-state index in [4.69, 9.17) is 11.6 Å². The normalized spacial score (nSPS) is 11.2. The molecule has 3 N–H and O–H groups in total. The largest absolute Gasteiger partial charge is 0.358 e. The molecule has 1 aromatic carbocycles. The molecule has 0 saturated heterocycles. The Labute approximate surface area is 137 Å². The molecule has 0 spiro atoms. The molecule has 0 radical (unpaired) electrons. The lowest BCUT2D eigenvalue weighted by Gasteiger charge is -2.00. The molecule has 23 heavy (non-hydrogen) atoms. The third-order valence-electron chi connectivity index (χ3n) is 3.72. The maximum Gasteiger partial charge on any atom is 0.205 e. The minimum absolute atomic E-state index is 0.454. The van der Waals surface area contributed by atoms with Gasteiger partial charge in [-0.1, -0.05) is 29.8 Å². The van der Waals surface area contributed by atoms with Gasteiger partial charge < -0.3 is 15.3 Å².